The third-order valence-electron chi connectivity index (χ3n) is 3.05. The number of hydrogen-bond acceptors (Lipinski definition) is 5. The van der Waals surface area contributed by atoms with E-state index in [2.05, 4.69) is 17.1 Å². The molecule has 1 unspecified atom stereocenters. The maximum atomic E-state index is 10.8. The molecule has 1 aromatic carbocycles. The van der Waals surface area contributed by atoms with E-state index in [4.69, 9.17) is 4.74 Å². The highest BCUT2D eigenvalue weighted by molar-refractivity contribution is 5.42. The molecule has 0 saturated heterocycles. The Morgan fingerprint density at radius 2 is 2.11 bits per heavy atom. The Kier molecular flexibility index (Phi) is 5.72. The van der Waals surface area contributed by atoms with Crippen molar-refractivity contribution in [2.75, 3.05) is 27.7 Å². The van der Waals surface area contributed by atoms with Crippen molar-refractivity contribution in [1.82, 2.24) is 10.2 Å². The minimum atomic E-state index is -0.408. The third kappa shape index (κ3) is 4.84. The van der Waals surface area contributed by atoms with Gasteiger partial charge in [0.15, 0.2) is 0 Å². The van der Waals surface area contributed by atoms with Gasteiger partial charge in [0.2, 0.25) is 0 Å². The molecule has 0 aliphatic heterocycles. The largest absolute Gasteiger partial charge is 0.496 e. The van der Waals surface area contributed by atoms with Crippen molar-refractivity contribution in [2.24, 2.45) is 0 Å². The Morgan fingerprint density at radius 1 is 1.42 bits per heavy atom. The summed E-state index contributed by atoms with van der Waals surface area (Å²) in [6.45, 7) is 3.51. The van der Waals surface area contributed by atoms with Crippen LogP contribution in [0.2, 0.25) is 0 Å². The summed E-state index contributed by atoms with van der Waals surface area (Å²) in [5.41, 5.74) is 0.897. The molecule has 0 aliphatic carbocycles. The predicted octanol–water partition coefficient (Wildman–Crippen LogP) is 1.64. The summed E-state index contributed by atoms with van der Waals surface area (Å²) in [6, 6.07) is 5.20. The normalized spacial score (nSPS) is 12.5. The standard InChI is InChI=1S/C13H21N3O3/c1-10(15(2)3)8-14-9-11-5-12(16(17)18)7-13(6-11)19-4/h5-7,10,14H,8-9H2,1-4H3. The van der Waals surface area contributed by atoms with Gasteiger partial charge in [0.1, 0.15) is 5.75 Å². The number of non-ortho nitro benzene ring substituents is 1. The fourth-order valence-electron chi connectivity index (χ4n) is 1.58. The average molecular weight is 267 g/mol. The topological polar surface area (TPSA) is 67.6 Å². The van der Waals surface area contributed by atoms with Crippen LogP contribution in [0.25, 0.3) is 0 Å². The van der Waals surface area contributed by atoms with Crippen LogP contribution in [0.4, 0.5) is 5.69 Å². The maximum Gasteiger partial charge on any atom is 0.273 e. The van der Waals surface area contributed by atoms with Crippen LogP contribution in [0.15, 0.2) is 18.2 Å². The summed E-state index contributed by atoms with van der Waals surface area (Å²) in [5.74, 6) is 0.506. The predicted molar refractivity (Wildman–Crippen MR) is 74.5 cm³/mol. The lowest BCUT2D eigenvalue weighted by molar-refractivity contribution is -0.385. The SMILES string of the molecule is COc1cc(CNCC(C)N(C)C)cc([N+](=O)[O-])c1. The van der Waals surface area contributed by atoms with E-state index in [1.807, 2.05) is 14.1 Å². The van der Waals surface area contributed by atoms with Crippen molar-refractivity contribution in [3.05, 3.63) is 33.9 Å². The molecule has 0 heterocycles. The van der Waals surface area contributed by atoms with Crippen LogP contribution in [0.3, 0.4) is 0 Å². The molecule has 0 aliphatic rings. The highest BCUT2D eigenvalue weighted by Gasteiger charge is 2.10. The Balaban J connectivity index is 2.67. The fourth-order valence-corrected chi connectivity index (χ4v) is 1.58. The molecule has 6 nitrogen and oxygen atoms in total. The second-order valence-corrected chi connectivity index (χ2v) is 4.74. The summed E-state index contributed by atoms with van der Waals surface area (Å²) in [6.07, 6.45) is 0. The Bertz CT molecular complexity index is 435. The van der Waals surface area contributed by atoms with E-state index in [0.717, 1.165) is 12.1 Å². The molecular formula is C13H21N3O3. The lowest BCUT2D eigenvalue weighted by atomic mass is 10.2. The van der Waals surface area contributed by atoms with Crippen LogP contribution in [-0.4, -0.2) is 43.6 Å². The van der Waals surface area contributed by atoms with Gasteiger partial charge in [0.05, 0.1) is 18.1 Å². The molecule has 1 N–H and O–H groups in total. The number of hydrogen-bond donors (Lipinski definition) is 1. The van der Waals surface area contributed by atoms with Crippen molar-refractivity contribution in [1.29, 1.82) is 0 Å². The second kappa shape index (κ2) is 7.06. The number of nitrogens with one attached hydrogen (secondary N) is 1. The van der Waals surface area contributed by atoms with Crippen LogP contribution in [0, 0.1) is 10.1 Å². The highest BCUT2D eigenvalue weighted by atomic mass is 16.6. The van der Waals surface area contributed by atoms with Crippen molar-refractivity contribution in [3.63, 3.8) is 0 Å². The summed E-state index contributed by atoms with van der Waals surface area (Å²) < 4.78 is 5.07. The van der Waals surface area contributed by atoms with Gasteiger partial charge >= 0.3 is 0 Å². The fraction of sp³-hybridized carbons (Fsp3) is 0.538. The van der Waals surface area contributed by atoms with Crippen molar-refractivity contribution in [3.8, 4) is 5.75 Å². The first-order chi connectivity index (χ1) is 8.93. The Labute approximate surface area is 113 Å². The molecule has 0 spiro atoms. The number of likely N-dealkylation sites (N-methyl/N-ethyl adjacent to an activating group) is 1. The molecule has 0 radical (unpaired) electrons. The van der Waals surface area contributed by atoms with Gasteiger partial charge < -0.3 is 15.0 Å². The lowest BCUT2D eigenvalue weighted by Crippen LogP contribution is -2.35. The van der Waals surface area contributed by atoms with Crippen LogP contribution in [0.1, 0.15) is 12.5 Å². The summed E-state index contributed by atoms with van der Waals surface area (Å²) >= 11 is 0. The molecule has 0 aromatic heterocycles. The quantitative estimate of drug-likeness (QED) is 0.601. The molecule has 106 valence electrons. The minimum Gasteiger partial charge on any atom is -0.496 e. The zero-order chi connectivity index (χ0) is 14.4. The molecule has 0 amide bonds. The molecule has 19 heavy (non-hydrogen) atoms. The van der Waals surface area contributed by atoms with Crippen LogP contribution >= 0.6 is 0 Å². The number of nitro groups is 1. The van der Waals surface area contributed by atoms with E-state index < -0.39 is 4.92 Å². The van der Waals surface area contributed by atoms with E-state index in [1.165, 1.54) is 13.2 Å². The summed E-state index contributed by atoms with van der Waals surface area (Å²) in [7, 11) is 5.54. The van der Waals surface area contributed by atoms with Gasteiger partial charge in [0.25, 0.3) is 5.69 Å². The van der Waals surface area contributed by atoms with Gasteiger partial charge in [-0.3, -0.25) is 10.1 Å². The number of nitrogens with zero attached hydrogens (tertiary/aromatic N) is 2. The monoisotopic (exact) mass is 267 g/mol. The van der Waals surface area contributed by atoms with Crippen molar-refractivity contribution >= 4 is 5.69 Å². The number of nitro benzene ring substituents is 1. The molecule has 1 rings (SSSR count). The van der Waals surface area contributed by atoms with Gasteiger partial charge in [-0.1, -0.05) is 0 Å². The Morgan fingerprint density at radius 3 is 2.63 bits per heavy atom. The maximum absolute atomic E-state index is 10.8. The first-order valence-corrected chi connectivity index (χ1v) is 6.13. The van der Waals surface area contributed by atoms with Crippen LogP contribution in [0.5, 0.6) is 5.75 Å². The zero-order valence-electron chi connectivity index (χ0n) is 11.8. The minimum absolute atomic E-state index is 0.0526. The number of rotatable bonds is 7. The van der Waals surface area contributed by atoms with Gasteiger partial charge in [-0.25, -0.2) is 0 Å². The number of ether oxygens (including phenoxy) is 1. The van der Waals surface area contributed by atoms with E-state index >= 15 is 0 Å². The zero-order valence-corrected chi connectivity index (χ0v) is 11.8. The van der Waals surface area contributed by atoms with E-state index in [1.54, 1.807) is 12.1 Å². The number of benzene rings is 1. The number of methoxy groups -OCH3 is 1. The lowest BCUT2D eigenvalue weighted by Gasteiger charge is -2.20. The first kappa shape index (κ1) is 15.4. The molecule has 0 bridgehead atoms. The first-order valence-electron chi connectivity index (χ1n) is 6.13. The molecular weight excluding hydrogens is 246 g/mol. The van der Waals surface area contributed by atoms with Gasteiger partial charge in [0, 0.05) is 25.2 Å². The molecule has 6 heteroatoms. The molecule has 1 atom stereocenters. The molecule has 1 aromatic rings. The summed E-state index contributed by atoms with van der Waals surface area (Å²) in [4.78, 5) is 12.5. The highest BCUT2D eigenvalue weighted by Crippen LogP contribution is 2.22. The van der Waals surface area contributed by atoms with Crippen molar-refractivity contribution in [2.45, 2.75) is 19.5 Å². The van der Waals surface area contributed by atoms with E-state index in [9.17, 15) is 10.1 Å². The summed E-state index contributed by atoms with van der Waals surface area (Å²) in [5, 5.41) is 14.1. The van der Waals surface area contributed by atoms with Gasteiger partial charge in [-0.05, 0) is 32.6 Å². The third-order valence-corrected chi connectivity index (χ3v) is 3.05. The van der Waals surface area contributed by atoms with E-state index in [-0.39, 0.29) is 5.69 Å². The van der Waals surface area contributed by atoms with E-state index in [0.29, 0.717) is 18.3 Å². The second-order valence-electron chi connectivity index (χ2n) is 4.74. The smallest absolute Gasteiger partial charge is 0.273 e. The van der Waals surface area contributed by atoms with Crippen molar-refractivity contribution < 1.29 is 9.66 Å². The van der Waals surface area contributed by atoms with Gasteiger partial charge in [-0.2, -0.15) is 0 Å². The molecule has 0 fully saturated rings. The molecule has 0 saturated carbocycles. The average Bonchev–Trinajstić information content (AvgIpc) is 2.37. The van der Waals surface area contributed by atoms with Crippen LogP contribution < -0.4 is 10.1 Å². The Hall–Kier alpha value is -1.66. The van der Waals surface area contributed by atoms with Gasteiger partial charge in [-0.15, -0.1) is 0 Å². The van der Waals surface area contributed by atoms with Crippen LogP contribution in [-0.2, 0) is 6.54 Å².